The predicted octanol–water partition coefficient (Wildman–Crippen LogP) is 3.96. The molecule has 0 aliphatic carbocycles. The van der Waals surface area contributed by atoms with E-state index in [1.807, 2.05) is 0 Å². The minimum absolute atomic E-state index is 0.0573. The highest BCUT2D eigenvalue weighted by Crippen LogP contribution is 2.34. The molecular formula is C17H19FN2O2S. The zero-order valence-corrected chi connectivity index (χ0v) is 13.6. The summed E-state index contributed by atoms with van der Waals surface area (Å²) in [5.74, 6) is -1.18. The van der Waals surface area contributed by atoms with Crippen LogP contribution < -0.4 is 4.90 Å². The van der Waals surface area contributed by atoms with Crippen molar-refractivity contribution in [3.8, 4) is 11.3 Å². The van der Waals surface area contributed by atoms with E-state index in [4.69, 9.17) is 5.11 Å². The van der Waals surface area contributed by atoms with Crippen molar-refractivity contribution in [3.63, 3.8) is 0 Å². The predicted molar refractivity (Wildman–Crippen MR) is 89.5 cm³/mol. The molecular weight excluding hydrogens is 315 g/mol. The lowest BCUT2D eigenvalue weighted by molar-refractivity contribution is -0.136. The van der Waals surface area contributed by atoms with Gasteiger partial charge in [-0.2, -0.15) is 0 Å². The number of thiazole rings is 1. The number of aromatic nitrogens is 1. The van der Waals surface area contributed by atoms with E-state index < -0.39 is 5.97 Å². The van der Waals surface area contributed by atoms with Gasteiger partial charge in [0.15, 0.2) is 5.13 Å². The van der Waals surface area contributed by atoms with E-state index in [0.29, 0.717) is 5.69 Å². The molecule has 23 heavy (non-hydrogen) atoms. The van der Waals surface area contributed by atoms with Crippen molar-refractivity contribution >= 4 is 22.4 Å². The molecule has 2 heterocycles. The Hall–Kier alpha value is -1.95. The van der Waals surface area contributed by atoms with Crippen LogP contribution in [0.1, 0.15) is 30.6 Å². The summed E-state index contributed by atoms with van der Waals surface area (Å²) in [7, 11) is 0. The zero-order valence-electron chi connectivity index (χ0n) is 12.8. The van der Waals surface area contributed by atoms with Crippen LogP contribution in [0.2, 0.25) is 0 Å². The largest absolute Gasteiger partial charge is 0.481 e. The van der Waals surface area contributed by atoms with E-state index in [1.54, 1.807) is 12.1 Å². The van der Waals surface area contributed by atoms with Crippen molar-refractivity contribution in [1.29, 1.82) is 0 Å². The lowest BCUT2D eigenvalue weighted by atomic mass is 10.1. The Morgan fingerprint density at radius 3 is 2.43 bits per heavy atom. The molecule has 0 radical (unpaired) electrons. The summed E-state index contributed by atoms with van der Waals surface area (Å²) in [6.45, 7) is 1.92. The third-order valence-electron chi connectivity index (χ3n) is 3.99. The Morgan fingerprint density at radius 1 is 1.17 bits per heavy atom. The molecule has 2 aromatic rings. The molecule has 6 heteroatoms. The molecule has 1 aliphatic heterocycles. The molecule has 3 rings (SSSR count). The van der Waals surface area contributed by atoms with Crippen LogP contribution in [0.4, 0.5) is 9.52 Å². The van der Waals surface area contributed by atoms with Crippen LogP contribution >= 0.6 is 11.3 Å². The number of carboxylic acids is 1. The Labute approximate surface area is 138 Å². The van der Waals surface area contributed by atoms with Crippen molar-refractivity contribution in [3.05, 3.63) is 35.0 Å². The molecule has 0 amide bonds. The molecule has 1 aromatic heterocycles. The van der Waals surface area contributed by atoms with Crippen LogP contribution in [0, 0.1) is 5.82 Å². The number of carboxylic acid groups (broad SMARTS) is 1. The zero-order chi connectivity index (χ0) is 16.2. The average molecular weight is 334 g/mol. The SMILES string of the molecule is O=C(O)Cc1sc(N2CCCCCC2)nc1-c1ccc(F)cc1. The number of anilines is 1. The van der Waals surface area contributed by atoms with Crippen molar-refractivity contribution in [2.45, 2.75) is 32.1 Å². The third kappa shape index (κ3) is 3.88. The van der Waals surface area contributed by atoms with E-state index in [0.717, 1.165) is 41.5 Å². The second-order valence-electron chi connectivity index (χ2n) is 5.75. The molecule has 1 aliphatic rings. The van der Waals surface area contributed by atoms with Gasteiger partial charge in [0.25, 0.3) is 0 Å². The highest BCUT2D eigenvalue weighted by atomic mass is 32.1. The summed E-state index contributed by atoms with van der Waals surface area (Å²) in [5.41, 5.74) is 1.43. The Kier molecular flexibility index (Phi) is 4.91. The average Bonchev–Trinajstić information content (AvgIpc) is 2.75. The summed E-state index contributed by atoms with van der Waals surface area (Å²) < 4.78 is 13.1. The maximum atomic E-state index is 13.1. The summed E-state index contributed by atoms with van der Waals surface area (Å²) >= 11 is 1.44. The van der Waals surface area contributed by atoms with Gasteiger partial charge in [-0.25, -0.2) is 9.37 Å². The number of rotatable bonds is 4. The first-order valence-electron chi connectivity index (χ1n) is 7.86. The quantitative estimate of drug-likeness (QED) is 0.919. The van der Waals surface area contributed by atoms with Gasteiger partial charge in [-0.3, -0.25) is 4.79 Å². The number of aliphatic carboxylic acids is 1. The van der Waals surface area contributed by atoms with Gasteiger partial charge < -0.3 is 10.0 Å². The minimum atomic E-state index is -0.876. The van der Waals surface area contributed by atoms with Gasteiger partial charge in [-0.15, -0.1) is 11.3 Å². The van der Waals surface area contributed by atoms with E-state index in [-0.39, 0.29) is 12.2 Å². The van der Waals surface area contributed by atoms with E-state index in [1.165, 1.54) is 36.3 Å². The highest BCUT2D eigenvalue weighted by Gasteiger charge is 2.20. The molecule has 1 fully saturated rings. The fraction of sp³-hybridized carbons (Fsp3) is 0.412. The molecule has 1 aromatic carbocycles. The van der Waals surface area contributed by atoms with Crippen molar-refractivity contribution in [2.75, 3.05) is 18.0 Å². The van der Waals surface area contributed by atoms with Gasteiger partial charge in [0.1, 0.15) is 5.82 Å². The summed E-state index contributed by atoms with van der Waals surface area (Å²) in [6, 6.07) is 6.07. The standard InChI is InChI=1S/C17H19FN2O2S/c18-13-7-5-12(6-8-13)16-14(11-15(21)22)23-17(19-16)20-9-3-1-2-4-10-20/h5-8H,1-4,9-11H2,(H,21,22). The number of halogens is 1. The molecule has 0 spiro atoms. The monoisotopic (exact) mass is 334 g/mol. The van der Waals surface area contributed by atoms with Crippen LogP contribution in [0.15, 0.2) is 24.3 Å². The first-order valence-corrected chi connectivity index (χ1v) is 8.67. The maximum Gasteiger partial charge on any atom is 0.308 e. The molecule has 0 atom stereocenters. The Morgan fingerprint density at radius 2 is 1.83 bits per heavy atom. The normalized spacial score (nSPS) is 15.4. The van der Waals surface area contributed by atoms with Gasteiger partial charge in [0, 0.05) is 23.5 Å². The minimum Gasteiger partial charge on any atom is -0.481 e. The van der Waals surface area contributed by atoms with Crippen LogP contribution in [-0.4, -0.2) is 29.1 Å². The van der Waals surface area contributed by atoms with Crippen LogP contribution in [0.3, 0.4) is 0 Å². The van der Waals surface area contributed by atoms with Gasteiger partial charge >= 0.3 is 5.97 Å². The van der Waals surface area contributed by atoms with Gasteiger partial charge in [-0.05, 0) is 37.1 Å². The van der Waals surface area contributed by atoms with Gasteiger partial charge in [0.2, 0.25) is 0 Å². The van der Waals surface area contributed by atoms with E-state index in [9.17, 15) is 9.18 Å². The van der Waals surface area contributed by atoms with Gasteiger partial charge in [0.05, 0.1) is 12.1 Å². The Bertz CT molecular complexity index is 676. The lowest BCUT2D eigenvalue weighted by Gasteiger charge is -2.18. The van der Waals surface area contributed by atoms with Crippen molar-refractivity contribution in [1.82, 2.24) is 4.98 Å². The smallest absolute Gasteiger partial charge is 0.308 e. The molecule has 1 saturated heterocycles. The number of hydrogen-bond acceptors (Lipinski definition) is 4. The fourth-order valence-corrected chi connectivity index (χ4v) is 3.95. The molecule has 0 unspecified atom stereocenters. The number of benzene rings is 1. The first kappa shape index (κ1) is 15.9. The summed E-state index contributed by atoms with van der Waals surface area (Å²) in [4.78, 5) is 18.8. The maximum absolute atomic E-state index is 13.1. The molecule has 0 bridgehead atoms. The van der Waals surface area contributed by atoms with Crippen LogP contribution in [0.25, 0.3) is 11.3 Å². The second-order valence-corrected chi connectivity index (χ2v) is 6.81. The first-order chi connectivity index (χ1) is 11.1. The highest BCUT2D eigenvalue weighted by molar-refractivity contribution is 7.16. The molecule has 122 valence electrons. The molecule has 1 N–H and O–H groups in total. The lowest BCUT2D eigenvalue weighted by Crippen LogP contribution is -2.23. The van der Waals surface area contributed by atoms with Gasteiger partial charge in [-0.1, -0.05) is 12.8 Å². The topological polar surface area (TPSA) is 53.4 Å². The Balaban J connectivity index is 1.95. The third-order valence-corrected chi connectivity index (χ3v) is 5.11. The van der Waals surface area contributed by atoms with Crippen molar-refractivity contribution in [2.24, 2.45) is 0 Å². The molecule has 4 nitrogen and oxygen atoms in total. The fourth-order valence-electron chi connectivity index (χ4n) is 2.83. The van der Waals surface area contributed by atoms with Crippen molar-refractivity contribution < 1.29 is 14.3 Å². The summed E-state index contributed by atoms with van der Waals surface area (Å²) in [5, 5.41) is 10.0. The molecule has 0 saturated carbocycles. The number of hydrogen-bond donors (Lipinski definition) is 1. The van der Waals surface area contributed by atoms with Crippen LogP contribution in [0.5, 0.6) is 0 Å². The van der Waals surface area contributed by atoms with E-state index in [2.05, 4.69) is 9.88 Å². The number of carbonyl (C=O) groups is 1. The second kappa shape index (κ2) is 7.08. The number of nitrogens with zero attached hydrogens (tertiary/aromatic N) is 2. The summed E-state index contributed by atoms with van der Waals surface area (Å²) in [6.07, 6.45) is 4.68. The van der Waals surface area contributed by atoms with Crippen LogP contribution in [-0.2, 0) is 11.2 Å². The van der Waals surface area contributed by atoms with E-state index >= 15 is 0 Å².